The third-order valence-corrected chi connectivity index (χ3v) is 5.52. The van der Waals surface area contributed by atoms with E-state index in [0.717, 1.165) is 41.7 Å². The van der Waals surface area contributed by atoms with Crippen molar-refractivity contribution in [3.8, 4) is 22.8 Å². The van der Waals surface area contributed by atoms with Crippen LogP contribution in [0.15, 0.2) is 60.9 Å². The lowest BCUT2D eigenvalue weighted by molar-refractivity contribution is 0.477. The number of rotatable bonds is 4. The van der Waals surface area contributed by atoms with Crippen molar-refractivity contribution in [1.82, 2.24) is 20.1 Å². The van der Waals surface area contributed by atoms with E-state index in [4.69, 9.17) is 21.4 Å². The molecule has 0 aliphatic carbocycles. The van der Waals surface area contributed by atoms with Crippen LogP contribution < -0.4 is 10.1 Å². The van der Waals surface area contributed by atoms with E-state index in [0.29, 0.717) is 11.8 Å². The highest BCUT2D eigenvalue weighted by Crippen LogP contribution is 2.35. The van der Waals surface area contributed by atoms with Crippen LogP contribution in [0.1, 0.15) is 12.5 Å². The fraction of sp³-hybridized carbons (Fsp3) is 0.182. The number of hydrogen-bond acceptors (Lipinski definition) is 4. The van der Waals surface area contributed by atoms with Crippen molar-refractivity contribution in [1.29, 1.82) is 0 Å². The number of hydrogen-bond donors (Lipinski definition) is 1. The molecule has 4 aromatic rings. The van der Waals surface area contributed by atoms with E-state index in [1.165, 1.54) is 6.07 Å². The summed E-state index contributed by atoms with van der Waals surface area (Å²) in [6.45, 7) is 1.88. The molecule has 0 bridgehead atoms. The summed E-state index contributed by atoms with van der Waals surface area (Å²) in [5.74, 6) is 0.363. The van der Waals surface area contributed by atoms with E-state index >= 15 is 0 Å². The second kappa shape index (κ2) is 7.46. The molecule has 0 radical (unpaired) electrons. The predicted octanol–water partition coefficient (Wildman–Crippen LogP) is 5.22. The van der Waals surface area contributed by atoms with Gasteiger partial charge in [0, 0.05) is 29.9 Å². The van der Waals surface area contributed by atoms with E-state index in [2.05, 4.69) is 15.0 Å². The lowest BCUT2D eigenvalue weighted by Crippen LogP contribution is -2.15. The summed E-state index contributed by atoms with van der Waals surface area (Å²) in [6.07, 6.45) is 4.65. The van der Waals surface area contributed by atoms with E-state index in [1.54, 1.807) is 18.3 Å². The van der Waals surface area contributed by atoms with Crippen LogP contribution in [0.3, 0.4) is 0 Å². The van der Waals surface area contributed by atoms with Gasteiger partial charge in [-0.15, -0.1) is 0 Å². The van der Waals surface area contributed by atoms with Crippen LogP contribution in [-0.4, -0.2) is 27.9 Å². The number of aromatic nitrogens is 3. The summed E-state index contributed by atoms with van der Waals surface area (Å²) in [5.41, 5.74) is 2.98. The van der Waals surface area contributed by atoms with Crippen LogP contribution in [0.25, 0.3) is 22.2 Å². The first kappa shape index (κ1) is 18.1. The summed E-state index contributed by atoms with van der Waals surface area (Å²) >= 11 is 5.99. The molecule has 2 aromatic heterocycles. The Hall–Kier alpha value is -2.96. The van der Waals surface area contributed by atoms with Gasteiger partial charge < -0.3 is 10.1 Å². The van der Waals surface area contributed by atoms with Crippen LogP contribution in [0.2, 0.25) is 5.02 Å². The lowest BCUT2D eigenvalue weighted by Gasteiger charge is -2.14. The van der Waals surface area contributed by atoms with Gasteiger partial charge in [-0.3, -0.25) is 9.67 Å². The number of halogens is 2. The largest absolute Gasteiger partial charge is 0.456 e. The first-order valence-electron chi connectivity index (χ1n) is 9.46. The van der Waals surface area contributed by atoms with Crippen molar-refractivity contribution in [2.24, 2.45) is 0 Å². The first-order valence-corrected chi connectivity index (χ1v) is 9.84. The molecule has 5 rings (SSSR count). The van der Waals surface area contributed by atoms with Crippen LogP contribution in [0.4, 0.5) is 4.39 Å². The summed E-state index contributed by atoms with van der Waals surface area (Å²) < 4.78 is 21.5. The Morgan fingerprint density at radius 1 is 1.14 bits per heavy atom. The molecule has 29 heavy (non-hydrogen) atoms. The molecule has 5 nitrogen and oxygen atoms in total. The topological polar surface area (TPSA) is 52.0 Å². The van der Waals surface area contributed by atoms with Crippen molar-refractivity contribution in [2.45, 2.75) is 12.5 Å². The van der Waals surface area contributed by atoms with Crippen molar-refractivity contribution < 1.29 is 9.13 Å². The molecule has 1 atom stereocenters. The fourth-order valence-electron chi connectivity index (χ4n) is 3.72. The molecule has 1 aliphatic rings. The molecule has 1 aliphatic heterocycles. The molecule has 1 unspecified atom stereocenters. The second-order valence-electron chi connectivity index (χ2n) is 7.01. The molecular formula is C22H18ClFN4O. The SMILES string of the molecule is Fc1cccc(Oc2ccc(-c3c4cnccc4nn3C3CCNC3)cc2)c1Cl. The Morgan fingerprint density at radius 3 is 2.79 bits per heavy atom. The molecular weight excluding hydrogens is 391 g/mol. The van der Waals surface area contributed by atoms with Gasteiger partial charge in [0.1, 0.15) is 22.3 Å². The van der Waals surface area contributed by atoms with Crippen molar-refractivity contribution in [3.63, 3.8) is 0 Å². The van der Waals surface area contributed by atoms with Crippen molar-refractivity contribution in [2.75, 3.05) is 13.1 Å². The number of nitrogens with zero attached hydrogens (tertiary/aromatic N) is 3. The second-order valence-corrected chi connectivity index (χ2v) is 7.39. The van der Waals surface area contributed by atoms with Gasteiger partial charge in [-0.1, -0.05) is 17.7 Å². The number of nitrogens with one attached hydrogen (secondary N) is 1. The van der Waals surface area contributed by atoms with E-state index in [-0.39, 0.29) is 10.8 Å². The summed E-state index contributed by atoms with van der Waals surface area (Å²) in [5, 5.41) is 9.22. The van der Waals surface area contributed by atoms with Crippen molar-refractivity contribution >= 4 is 22.5 Å². The highest BCUT2D eigenvalue weighted by molar-refractivity contribution is 6.32. The molecule has 0 amide bonds. The Bertz CT molecular complexity index is 1170. The highest BCUT2D eigenvalue weighted by Gasteiger charge is 2.23. The van der Waals surface area contributed by atoms with Gasteiger partial charge in [-0.05, 0) is 55.4 Å². The fourth-order valence-corrected chi connectivity index (χ4v) is 3.88. The first-order chi connectivity index (χ1) is 14.2. The Balaban J connectivity index is 1.52. The number of pyridine rings is 1. The minimum atomic E-state index is -0.506. The van der Waals surface area contributed by atoms with Crippen molar-refractivity contribution in [3.05, 3.63) is 71.8 Å². The van der Waals surface area contributed by atoms with Crippen LogP contribution in [0, 0.1) is 5.82 Å². The zero-order chi connectivity index (χ0) is 19.8. The maximum absolute atomic E-state index is 13.6. The minimum absolute atomic E-state index is 0.0274. The molecule has 7 heteroatoms. The Kier molecular flexibility index (Phi) is 4.66. The van der Waals surface area contributed by atoms with Crippen LogP contribution in [0.5, 0.6) is 11.5 Å². The van der Waals surface area contributed by atoms with Gasteiger partial charge in [0.25, 0.3) is 0 Å². The smallest absolute Gasteiger partial charge is 0.149 e. The van der Waals surface area contributed by atoms with Gasteiger partial charge in [0.05, 0.1) is 17.3 Å². The predicted molar refractivity (Wildman–Crippen MR) is 111 cm³/mol. The number of ether oxygens (including phenoxy) is 1. The summed E-state index contributed by atoms with van der Waals surface area (Å²) in [7, 11) is 0. The third-order valence-electron chi connectivity index (χ3n) is 5.15. The molecule has 1 saturated heterocycles. The number of fused-ring (bicyclic) bond motifs is 1. The van der Waals surface area contributed by atoms with Gasteiger partial charge in [-0.2, -0.15) is 5.10 Å². The Morgan fingerprint density at radius 2 is 2.00 bits per heavy atom. The molecule has 146 valence electrons. The molecule has 2 aromatic carbocycles. The average molecular weight is 409 g/mol. The van der Waals surface area contributed by atoms with Gasteiger partial charge in [0.2, 0.25) is 0 Å². The number of benzene rings is 2. The van der Waals surface area contributed by atoms with E-state index in [1.807, 2.05) is 36.5 Å². The lowest BCUT2D eigenvalue weighted by atomic mass is 10.1. The summed E-state index contributed by atoms with van der Waals surface area (Å²) in [4.78, 5) is 4.29. The highest BCUT2D eigenvalue weighted by atomic mass is 35.5. The van der Waals surface area contributed by atoms with E-state index in [9.17, 15) is 4.39 Å². The quantitative estimate of drug-likeness (QED) is 0.503. The zero-order valence-electron chi connectivity index (χ0n) is 15.5. The Labute approximate surface area is 172 Å². The van der Waals surface area contributed by atoms with Crippen LogP contribution in [-0.2, 0) is 0 Å². The summed E-state index contributed by atoms with van der Waals surface area (Å²) in [6, 6.07) is 14.4. The maximum atomic E-state index is 13.6. The van der Waals surface area contributed by atoms with Gasteiger partial charge in [-0.25, -0.2) is 4.39 Å². The average Bonchev–Trinajstić information content (AvgIpc) is 3.40. The minimum Gasteiger partial charge on any atom is -0.456 e. The monoisotopic (exact) mass is 408 g/mol. The van der Waals surface area contributed by atoms with Gasteiger partial charge in [0.15, 0.2) is 0 Å². The van der Waals surface area contributed by atoms with E-state index < -0.39 is 5.82 Å². The molecule has 0 spiro atoms. The third kappa shape index (κ3) is 3.34. The van der Waals surface area contributed by atoms with Gasteiger partial charge >= 0.3 is 0 Å². The molecule has 1 fully saturated rings. The molecule has 0 saturated carbocycles. The maximum Gasteiger partial charge on any atom is 0.149 e. The normalized spacial score (nSPS) is 16.4. The van der Waals surface area contributed by atoms with Crippen LogP contribution >= 0.6 is 11.6 Å². The zero-order valence-corrected chi connectivity index (χ0v) is 16.2. The standard InChI is InChI=1S/C22H18ClFN4O/c23-21-18(24)2-1-3-20(21)29-16-6-4-14(5-7-16)22-17-13-26-11-9-19(17)27-28(22)15-8-10-25-12-15/h1-7,9,11,13,15,25H,8,10,12H2. The molecule has 3 heterocycles. The molecule has 1 N–H and O–H groups in total.